The van der Waals surface area contributed by atoms with Gasteiger partial charge in [-0.25, -0.2) is 8.42 Å². The second kappa shape index (κ2) is 9.84. The molecule has 1 saturated heterocycles. The molecule has 2 heterocycles. The van der Waals surface area contributed by atoms with Gasteiger partial charge in [-0.1, -0.05) is 6.92 Å². The fourth-order valence-corrected chi connectivity index (χ4v) is 5.42. The zero-order valence-electron chi connectivity index (χ0n) is 20.0. The van der Waals surface area contributed by atoms with Crippen molar-refractivity contribution in [3.05, 3.63) is 48.0 Å². The summed E-state index contributed by atoms with van der Waals surface area (Å²) in [6, 6.07) is 10.9. The lowest BCUT2D eigenvalue weighted by Crippen LogP contribution is -2.54. The van der Waals surface area contributed by atoms with Gasteiger partial charge in [-0.3, -0.25) is 14.4 Å². The van der Waals surface area contributed by atoms with Crippen LogP contribution < -0.4 is 19.5 Å². The largest absolute Gasteiger partial charge is 0.486 e. The van der Waals surface area contributed by atoms with Gasteiger partial charge in [0.25, 0.3) is 15.9 Å². The first-order chi connectivity index (χ1) is 16.1. The molecule has 2 aliphatic heterocycles. The van der Waals surface area contributed by atoms with E-state index >= 15 is 0 Å². The third-order valence-electron chi connectivity index (χ3n) is 6.42. The molecule has 0 spiro atoms. The third kappa shape index (κ3) is 5.64. The number of hydrogen-bond acceptors (Lipinski definition) is 6. The number of piperidine rings is 1. The van der Waals surface area contributed by atoms with Gasteiger partial charge in [-0.05, 0) is 75.5 Å². The number of fused-ring (bicyclic) bond motifs is 1. The van der Waals surface area contributed by atoms with E-state index in [1.165, 1.54) is 25.0 Å². The maximum absolute atomic E-state index is 12.8. The van der Waals surface area contributed by atoms with Crippen LogP contribution in [-0.2, 0) is 10.0 Å². The highest BCUT2D eigenvalue weighted by molar-refractivity contribution is 7.92. The zero-order chi connectivity index (χ0) is 24.3. The summed E-state index contributed by atoms with van der Waals surface area (Å²) in [5.41, 5.74) is 0.711. The lowest BCUT2D eigenvalue weighted by Gasteiger charge is -2.43. The number of nitrogens with zero attached hydrogens (tertiary/aromatic N) is 1. The standard InChI is InChI=1S/C25H33N3O5S/c1-18-5-4-12-28(16-18)25(2,3)17-26-24(29)19-6-8-20(9-7-19)27-34(30,31)21-10-11-22-23(15-21)33-14-13-32-22/h6-11,15,18,27H,4-5,12-14,16-17H2,1-3H3,(H,26,29). The van der Waals surface area contributed by atoms with Gasteiger partial charge >= 0.3 is 0 Å². The SMILES string of the molecule is CC1CCCN(C(C)(C)CNC(=O)c2ccc(NS(=O)(=O)c3ccc4c(c3)OCCO4)cc2)C1. The van der Waals surface area contributed by atoms with Gasteiger partial charge in [0.1, 0.15) is 13.2 Å². The van der Waals surface area contributed by atoms with Crippen molar-refractivity contribution < 1.29 is 22.7 Å². The molecule has 1 atom stereocenters. The fourth-order valence-electron chi connectivity index (χ4n) is 4.34. The first kappa shape index (κ1) is 24.3. The molecule has 1 unspecified atom stereocenters. The Kier molecular flexibility index (Phi) is 7.04. The van der Waals surface area contributed by atoms with Crippen molar-refractivity contribution in [3.8, 4) is 11.5 Å². The summed E-state index contributed by atoms with van der Waals surface area (Å²) in [5, 5.41) is 3.03. The van der Waals surface area contributed by atoms with E-state index in [1.807, 2.05) is 0 Å². The average molecular weight is 488 g/mol. The van der Waals surface area contributed by atoms with Crippen LogP contribution in [0.5, 0.6) is 11.5 Å². The van der Waals surface area contributed by atoms with Gasteiger partial charge in [-0.2, -0.15) is 0 Å². The van der Waals surface area contributed by atoms with Gasteiger partial charge in [0.2, 0.25) is 0 Å². The van der Waals surface area contributed by atoms with Crippen molar-refractivity contribution in [2.24, 2.45) is 5.92 Å². The molecule has 9 heteroatoms. The predicted octanol–water partition coefficient (Wildman–Crippen LogP) is 3.50. The predicted molar refractivity (Wildman–Crippen MR) is 131 cm³/mol. The Labute approximate surface area is 201 Å². The molecule has 2 aliphatic rings. The van der Waals surface area contributed by atoms with Gasteiger partial charge in [0, 0.05) is 35.9 Å². The first-order valence-corrected chi connectivity index (χ1v) is 13.2. The van der Waals surface area contributed by atoms with E-state index in [1.54, 1.807) is 30.3 Å². The van der Waals surface area contributed by atoms with E-state index < -0.39 is 10.0 Å². The van der Waals surface area contributed by atoms with Crippen LogP contribution in [0.3, 0.4) is 0 Å². The van der Waals surface area contributed by atoms with Crippen LogP contribution in [0, 0.1) is 5.92 Å². The van der Waals surface area contributed by atoms with E-state index in [0.717, 1.165) is 13.1 Å². The van der Waals surface area contributed by atoms with Gasteiger partial charge in [-0.15, -0.1) is 0 Å². The molecule has 0 aliphatic carbocycles. The molecule has 0 bridgehead atoms. The fraction of sp³-hybridized carbons (Fsp3) is 0.480. The van der Waals surface area contributed by atoms with E-state index in [4.69, 9.17) is 9.47 Å². The molecule has 1 amide bonds. The molecular formula is C25H33N3O5S. The Morgan fingerprint density at radius 2 is 1.79 bits per heavy atom. The summed E-state index contributed by atoms with van der Waals surface area (Å²) in [6.07, 6.45) is 2.44. The van der Waals surface area contributed by atoms with E-state index in [-0.39, 0.29) is 16.3 Å². The van der Waals surface area contributed by atoms with Gasteiger partial charge in [0.05, 0.1) is 4.90 Å². The molecule has 4 rings (SSSR count). The molecule has 2 aromatic carbocycles. The Balaban J connectivity index is 1.36. The van der Waals surface area contributed by atoms with Crippen molar-refractivity contribution in [3.63, 3.8) is 0 Å². The number of likely N-dealkylation sites (tertiary alicyclic amines) is 1. The number of ether oxygens (including phenoxy) is 2. The first-order valence-electron chi connectivity index (χ1n) is 11.7. The Hall–Kier alpha value is -2.78. The molecule has 184 valence electrons. The number of anilines is 1. The quantitative estimate of drug-likeness (QED) is 0.621. The van der Waals surface area contributed by atoms with Gasteiger partial charge < -0.3 is 14.8 Å². The van der Waals surface area contributed by atoms with Crippen molar-refractivity contribution >= 4 is 21.6 Å². The van der Waals surface area contributed by atoms with E-state index in [9.17, 15) is 13.2 Å². The third-order valence-corrected chi connectivity index (χ3v) is 7.80. The van der Waals surface area contributed by atoms with Crippen molar-refractivity contribution in [2.45, 2.75) is 44.0 Å². The van der Waals surface area contributed by atoms with Crippen molar-refractivity contribution in [1.29, 1.82) is 0 Å². The van der Waals surface area contributed by atoms with Crippen LogP contribution in [0.2, 0.25) is 0 Å². The topological polar surface area (TPSA) is 97.0 Å². The summed E-state index contributed by atoms with van der Waals surface area (Å²) >= 11 is 0. The number of nitrogens with one attached hydrogen (secondary N) is 2. The monoisotopic (exact) mass is 487 g/mol. The van der Waals surface area contributed by atoms with Gasteiger partial charge in [0.15, 0.2) is 11.5 Å². The minimum atomic E-state index is -3.82. The van der Waals surface area contributed by atoms with Crippen LogP contribution in [0.15, 0.2) is 47.4 Å². The zero-order valence-corrected chi connectivity index (χ0v) is 20.8. The van der Waals surface area contributed by atoms with Crippen LogP contribution in [0.25, 0.3) is 0 Å². The summed E-state index contributed by atoms with van der Waals surface area (Å²) in [5.74, 6) is 1.42. The van der Waals surface area contributed by atoms with Crippen LogP contribution in [0.1, 0.15) is 44.0 Å². The lowest BCUT2D eigenvalue weighted by atomic mass is 9.93. The maximum Gasteiger partial charge on any atom is 0.262 e. The summed E-state index contributed by atoms with van der Waals surface area (Å²) < 4.78 is 39.1. The normalized spacial score (nSPS) is 18.9. The average Bonchev–Trinajstić information content (AvgIpc) is 2.82. The molecule has 2 aromatic rings. The number of rotatable bonds is 7. The van der Waals surface area contributed by atoms with Crippen LogP contribution >= 0.6 is 0 Å². The molecule has 1 fully saturated rings. The Morgan fingerprint density at radius 3 is 2.50 bits per heavy atom. The minimum absolute atomic E-state index is 0.0767. The van der Waals surface area contributed by atoms with Crippen molar-refractivity contribution in [1.82, 2.24) is 10.2 Å². The molecule has 0 saturated carbocycles. The highest BCUT2D eigenvalue weighted by Crippen LogP contribution is 2.32. The second-order valence-corrected chi connectivity index (χ2v) is 11.4. The number of carbonyl (C=O) groups is 1. The summed E-state index contributed by atoms with van der Waals surface area (Å²) in [6.45, 7) is 10.0. The van der Waals surface area contributed by atoms with E-state index in [0.29, 0.717) is 48.4 Å². The minimum Gasteiger partial charge on any atom is -0.486 e. The number of hydrogen-bond donors (Lipinski definition) is 2. The second-order valence-electron chi connectivity index (χ2n) is 9.68. The molecule has 2 N–H and O–H groups in total. The number of carbonyl (C=O) groups excluding carboxylic acids is 1. The molecule has 8 nitrogen and oxygen atoms in total. The highest BCUT2D eigenvalue weighted by atomic mass is 32.2. The molecule has 34 heavy (non-hydrogen) atoms. The number of amides is 1. The van der Waals surface area contributed by atoms with Crippen molar-refractivity contribution in [2.75, 3.05) is 37.6 Å². The Morgan fingerprint density at radius 1 is 1.09 bits per heavy atom. The summed E-state index contributed by atoms with van der Waals surface area (Å²) in [4.78, 5) is 15.2. The Bertz CT molecular complexity index is 1130. The van der Waals surface area contributed by atoms with Crippen LogP contribution in [0.4, 0.5) is 5.69 Å². The smallest absolute Gasteiger partial charge is 0.262 e. The number of benzene rings is 2. The maximum atomic E-state index is 12.8. The van der Waals surface area contributed by atoms with Crippen LogP contribution in [-0.4, -0.2) is 57.6 Å². The molecule has 0 radical (unpaired) electrons. The molecule has 0 aromatic heterocycles. The van der Waals surface area contributed by atoms with E-state index in [2.05, 4.69) is 35.7 Å². The highest BCUT2D eigenvalue weighted by Gasteiger charge is 2.30. The molecular weight excluding hydrogens is 454 g/mol. The lowest BCUT2D eigenvalue weighted by molar-refractivity contribution is 0.0657. The number of sulfonamides is 1. The summed E-state index contributed by atoms with van der Waals surface area (Å²) in [7, 11) is -3.82.